The number of rotatable bonds is 4. The molecule has 1 aromatic carbocycles. The highest BCUT2D eigenvalue weighted by Crippen LogP contribution is 2.38. The zero-order chi connectivity index (χ0) is 25.7. The number of alkyl halides is 1. The lowest BCUT2D eigenvalue weighted by atomic mass is 9.92. The van der Waals surface area contributed by atoms with Crippen molar-refractivity contribution in [1.29, 1.82) is 0 Å². The summed E-state index contributed by atoms with van der Waals surface area (Å²) in [5.74, 6) is -1.53. The number of fused-ring (bicyclic) bond motifs is 1. The molecule has 0 aliphatic carbocycles. The standard InChI is InChI=1S/C22H27F3N4O5S/c1-22(2,3)34-21(30)26-16-8-18(20(25)33-19(16)14-7-13(23)5-6-15(14)24)28-9-12-10-29(35(4,31)32)27-17(12)11-28/h5-7,10,16,18-20H,8-9,11H2,1-4H3,(H,26,30)/t16-,18+,19+,20-/m0/s1. The summed E-state index contributed by atoms with van der Waals surface area (Å²) in [6, 6.07) is 0.949. The molecule has 0 spiro atoms. The largest absolute Gasteiger partial charge is 0.444 e. The maximum Gasteiger partial charge on any atom is 0.407 e. The molecule has 4 rings (SSSR count). The third-order valence-electron chi connectivity index (χ3n) is 5.80. The Morgan fingerprint density at radius 2 is 1.97 bits per heavy atom. The lowest BCUT2D eigenvalue weighted by Gasteiger charge is -2.42. The molecule has 1 N–H and O–H groups in total. The van der Waals surface area contributed by atoms with E-state index in [9.17, 15) is 22.0 Å². The minimum Gasteiger partial charge on any atom is -0.444 e. The number of nitrogens with one attached hydrogen (secondary N) is 1. The van der Waals surface area contributed by atoms with Crippen LogP contribution in [0.4, 0.5) is 18.0 Å². The molecule has 9 nitrogen and oxygen atoms in total. The SMILES string of the molecule is CC(C)(C)OC(=O)N[C@H]1C[C@@H](N2Cc3cn(S(C)(=O)=O)nc3C2)[C@@H](F)O[C@@H]1c1cc(F)ccc1F. The molecule has 13 heteroatoms. The van der Waals surface area contributed by atoms with Crippen LogP contribution in [0.25, 0.3) is 0 Å². The zero-order valence-corrected chi connectivity index (χ0v) is 20.5. The number of alkyl carbamates (subject to hydrolysis) is 1. The van der Waals surface area contributed by atoms with Crippen molar-refractivity contribution in [2.75, 3.05) is 6.26 Å². The van der Waals surface area contributed by atoms with E-state index in [4.69, 9.17) is 9.47 Å². The van der Waals surface area contributed by atoms with Gasteiger partial charge in [0.25, 0.3) is 10.0 Å². The predicted molar refractivity (Wildman–Crippen MR) is 118 cm³/mol. The molecule has 192 valence electrons. The van der Waals surface area contributed by atoms with Crippen LogP contribution in [0.15, 0.2) is 24.4 Å². The van der Waals surface area contributed by atoms with Gasteiger partial charge in [0.05, 0.1) is 24.0 Å². The van der Waals surface area contributed by atoms with Gasteiger partial charge < -0.3 is 14.8 Å². The van der Waals surface area contributed by atoms with E-state index in [-0.39, 0.29) is 25.1 Å². The molecule has 0 unspecified atom stereocenters. The van der Waals surface area contributed by atoms with Crippen LogP contribution < -0.4 is 5.32 Å². The maximum absolute atomic E-state index is 15.3. The Kier molecular flexibility index (Phi) is 6.62. The molecule has 0 bridgehead atoms. The van der Waals surface area contributed by atoms with E-state index in [1.54, 1.807) is 25.7 Å². The molecule has 2 aromatic rings. The molecular weight excluding hydrogens is 489 g/mol. The average Bonchev–Trinajstić information content (AvgIpc) is 3.29. The fourth-order valence-corrected chi connectivity index (χ4v) is 4.87. The first-order chi connectivity index (χ1) is 16.2. The summed E-state index contributed by atoms with van der Waals surface area (Å²) in [5, 5.41) is 6.69. The highest BCUT2D eigenvalue weighted by Gasteiger charge is 2.45. The highest BCUT2D eigenvalue weighted by atomic mass is 32.2. The predicted octanol–water partition coefficient (Wildman–Crippen LogP) is 3.00. The number of ether oxygens (including phenoxy) is 2. The Balaban J connectivity index is 1.58. The van der Waals surface area contributed by atoms with E-state index < -0.39 is 57.9 Å². The second-order valence-corrected chi connectivity index (χ2v) is 11.6. The van der Waals surface area contributed by atoms with Gasteiger partial charge >= 0.3 is 6.09 Å². The molecule has 1 saturated heterocycles. The van der Waals surface area contributed by atoms with Gasteiger partial charge in [0.15, 0.2) is 0 Å². The van der Waals surface area contributed by atoms with Crippen LogP contribution in [0, 0.1) is 11.6 Å². The summed E-state index contributed by atoms with van der Waals surface area (Å²) < 4.78 is 78.9. The number of benzene rings is 1. The van der Waals surface area contributed by atoms with Crippen LogP contribution in [0.2, 0.25) is 0 Å². The van der Waals surface area contributed by atoms with Gasteiger partial charge in [0.2, 0.25) is 6.36 Å². The van der Waals surface area contributed by atoms with E-state index in [1.165, 1.54) is 6.20 Å². The number of nitrogens with zero attached hydrogens (tertiary/aromatic N) is 3. The van der Waals surface area contributed by atoms with Gasteiger partial charge in [-0.15, -0.1) is 0 Å². The molecule has 3 heterocycles. The van der Waals surface area contributed by atoms with Crippen molar-refractivity contribution in [2.45, 2.75) is 70.4 Å². The Bertz CT molecular complexity index is 1210. The Labute approximate surface area is 201 Å². The monoisotopic (exact) mass is 516 g/mol. The lowest BCUT2D eigenvalue weighted by Crippen LogP contribution is -2.54. The van der Waals surface area contributed by atoms with Gasteiger partial charge in [0.1, 0.15) is 23.3 Å². The zero-order valence-electron chi connectivity index (χ0n) is 19.7. The van der Waals surface area contributed by atoms with Gasteiger partial charge in [-0.3, -0.25) is 4.90 Å². The van der Waals surface area contributed by atoms with Crippen molar-refractivity contribution in [2.24, 2.45) is 0 Å². The molecule has 1 amide bonds. The topological polar surface area (TPSA) is 103 Å². The number of halogens is 3. The Hall–Kier alpha value is -2.64. The Morgan fingerprint density at radius 3 is 2.60 bits per heavy atom. The number of hydrogen-bond acceptors (Lipinski definition) is 7. The van der Waals surface area contributed by atoms with Gasteiger partial charge in [-0.25, -0.2) is 26.4 Å². The fraction of sp³-hybridized carbons (Fsp3) is 0.545. The molecule has 4 atom stereocenters. The summed E-state index contributed by atoms with van der Waals surface area (Å²) in [6.45, 7) is 5.38. The lowest BCUT2D eigenvalue weighted by molar-refractivity contribution is -0.175. The maximum atomic E-state index is 15.3. The van der Waals surface area contributed by atoms with Crippen molar-refractivity contribution in [1.82, 2.24) is 19.4 Å². The third kappa shape index (κ3) is 5.62. The molecule has 1 fully saturated rings. The van der Waals surface area contributed by atoms with Crippen molar-refractivity contribution in [3.63, 3.8) is 0 Å². The van der Waals surface area contributed by atoms with Crippen molar-refractivity contribution >= 4 is 16.1 Å². The summed E-state index contributed by atoms with van der Waals surface area (Å²) in [7, 11) is -3.56. The van der Waals surface area contributed by atoms with Crippen LogP contribution in [0.5, 0.6) is 0 Å². The fourth-order valence-electron chi connectivity index (χ4n) is 4.30. The molecule has 1 aromatic heterocycles. The Morgan fingerprint density at radius 1 is 1.26 bits per heavy atom. The number of carbonyl (C=O) groups excluding carboxylic acids is 1. The van der Waals surface area contributed by atoms with Crippen LogP contribution in [-0.4, -0.2) is 58.9 Å². The second kappa shape index (κ2) is 9.10. The summed E-state index contributed by atoms with van der Waals surface area (Å²) in [6.07, 6.45) is -1.61. The average molecular weight is 517 g/mol. The quantitative estimate of drug-likeness (QED) is 0.667. The number of aromatic nitrogens is 2. The summed E-state index contributed by atoms with van der Waals surface area (Å²) in [5.41, 5.74) is 0.0699. The second-order valence-electron chi connectivity index (χ2n) is 9.77. The van der Waals surface area contributed by atoms with E-state index in [1.807, 2.05) is 0 Å². The van der Waals surface area contributed by atoms with E-state index >= 15 is 4.39 Å². The smallest absolute Gasteiger partial charge is 0.407 e. The highest BCUT2D eigenvalue weighted by molar-refractivity contribution is 7.89. The first kappa shape index (κ1) is 25.5. The molecule has 2 aliphatic heterocycles. The molecule has 0 saturated carbocycles. The first-order valence-corrected chi connectivity index (χ1v) is 12.8. The molecule has 2 aliphatic rings. The van der Waals surface area contributed by atoms with E-state index in [2.05, 4.69) is 10.4 Å². The van der Waals surface area contributed by atoms with Gasteiger partial charge in [0, 0.05) is 30.4 Å². The van der Waals surface area contributed by atoms with Crippen LogP contribution in [-0.2, 0) is 32.6 Å². The molecule has 0 radical (unpaired) electrons. The number of hydrogen-bond donors (Lipinski definition) is 1. The third-order valence-corrected chi connectivity index (χ3v) is 6.66. The molecular formula is C22H27F3N4O5S. The van der Waals surface area contributed by atoms with E-state index in [0.717, 1.165) is 28.5 Å². The summed E-state index contributed by atoms with van der Waals surface area (Å²) >= 11 is 0. The number of carbonyl (C=O) groups is 1. The summed E-state index contributed by atoms with van der Waals surface area (Å²) in [4.78, 5) is 14.2. The minimum atomic E-state index is -3.56. The van der Waals surface area contributed by atoms with Crippen molar-refractivity contribution < 1.29 is 35.9 Å². The van der Waals surface area contributed by atoms with Crippen LogP contribution in [0.1, 0.15) is 50.1 Å². The minimum absolute atomic E-state index is 0.00260. The van der Waals surface area contributed by atoms with Gasteiger partial charge in [-0.05, 0) is 45.4 Å². The normalized spacial score (nSPS) is 25.3. The van der Waals surface area contributed by atoms with E-state index in [0.29, 0.717) is 11.3 Å². The molecule has 35 heavy (non-hydrogen) atoms. The van der Waals surface area contributed by atoms with Gasteiger partial charge in [-0.1, -0.05) is 0 Å². The number of amides is 1. The van der Waals surface area contributed by atoms with Crippen molar-refractivity contribution in [3.8, 4) is 0 Å². The van der Waals surface area contributed by atoms with Crippen LogP contribution >= 0.6 is 0 Å². The van der Waals surface area contributed by atoms with Crippen LogP contribution in [0.3, 0.4) is 0 Å². The van der Waals surface area contributed by atoms with Crippen molar-refractivity contribution in [3.05, 3.63) is 52.9 Å². The first-order valence-electron chi connectivity index (χ1n) is 11.0. The van der Waals surface area contributed by atoms with Gasteiger partial charge in [-0.2, -0.15) is 9.19 Å².